The Morgan fingerprint density at radius 1 is 1.20 bits per heavy atom. The summed E-state index contributed by atoms with van der Waals surface area (Å²) in [6.07, 6.45) is -5.36. The Balaban J connectivity index is 2.23. The van der Waals surface area contributed by atoms with Crippen molar-refractivity contribution in [3.05, 3.63) is 46.6 Å². The van der Waals surface area contributed by atoms with Crippen LogP contribution in [-0.4, -0.2) is 37.8 Å². The molecule has 2 aromatic rings. The molecular formula is C16H12ClF5N2O5S. The van der Waals surface area contributed by atoms with Crippen molar-refractivity contribution in [3.8, 4) is 17.4 Å². The number of pyridine rings is 1. The van der Waals surface area contributed by atoms with Gasteiger partial charge in [0.25, 0.3) is 5.91 Å². The van der Waals surface area contributed by atoms with Gasteiger partial charge in [0.1, 0.15) is 16.6 Å². The Bertz CT molecular complexity index is 1080. The molecule has 0 fully saturated rings. The number of amides is 1. The fraction of sp³-hybridized carbons (Fsp3) is 0.250. The Morgan fingerprint density at radius 2 is 1.83 bits per heavy atom. The van der Waals surface area contributed by atoms with Gasteiger partial charge in [0.15, 0.2) is 17.7 Å². The largest absolute Gasteiger partial charge is 0.464 e. The number of aromatic nitrogens is 1. The number of benzene rings is 1. The van der Waals surface area contributed by atoms with E-state index >= 15 is 0 Å². The number of rotatable bonds is 6. The molecule has 1 N–H and O–H groups in total. The van der Waals surface area contributed by atoms with E-state index in [1.54, 1.807) is 0 Å². The van der Waals surface area contributed by atoms with Crippen molar-refractivity contribution in [3.63, 3.8) is 0 Å². The Hall–Kier alpha value is -2.67. The first-order valence-electron chi connectivity index (χ1n) is 7.75. The standard InChI is InChI=1S/C16H12ClF5N2O5S/c1-7(16(20,21)22)28-15-10(17)3-8(6-23-15)29-13-5-11(18)9(4-12(13)19)14(25)24-30(2,26)27/h3-7H,1-2H3,(H,24,25). The van der Waals surface area contributed by atoms with Gasteiger partial charge in [0, 0.05) is 12.1 Å². The Labute approximate surface area is 171 Å². The van der Waals surface area contributed by atoms with Gasteiger partial charge in [-0.15, -0.1) is 0 Å². The molecule has 1 aromatic carbocycles. The zero-order valence-corrected chi connectivity index (χ0v) is 16.6. The van der Waals surface area contributed by atoms with E-state index in [0.717, 1.165) is 19.2 Å². The quantitative estimate of drug-likeness (QED) is 0.640. The average Bonchev–Trinajstić information content (AvgIpc) is 2.57. The van der Waals surface area contributed by atoms with E-state index < -0.39 is 62.1 Å². The number of hydrogen-bond acceptors (Lipinski definition) is 6. The van der Waals surface area contributed by atoms with E-state index in [1.807, 2.05) is 0 Å². The smallest absolute Gasteiger partial charge is 0.425 e. The third kappa shape index (κ3) is 6.16. The van der Waals surface area contributed by atoms with Crippen molar-refractivity contribution < 1.29 is 44.6 Å². The van der Waals surface area contributed by atoms with Crippen molar-refractivity contribution in [2.24, 2.45) is 0 Å². The molecule has 0 radical (unpaired) electrons. The molecule has 1 heterocycles. The number of carbonyl (C=O) groups excluding carboxylic acids is 1. The lowest BCUT2D eigenvalue weighted by molar-refractivity contribution is -0.189. The van der Waals surface area contributed by atoms with E-state index in [-0.39, 0.29) is 5.75 Å². The predicted octanol–water partition coefficient (Wildman–Crippen LogP) is 3.82. The number of alkyl halides is 3. The van der Waals surface area contributed by atoms with Gasteiger partial charge in [-0.1, -0.05) is 11.6 Å². The van der Waals surface area contributed by atoms with E-state index in [2.05, 4.69) is 9.72 Å². The molecule has 0 saturated heterocycles. The molecule has 7 nitrogen and oxygen atoms in total. The molecule has 30 heavy (non-hydrogen) atoms. The van der Waals surface area contributed by atoms with Gasteiger partial charge in [-0.25, -0.2) is 26.9 Å². The van der Waals surface area contributed by atoms with Gasteiger partial charge in [0.05, 0.1) is 18.0 Å². The summed E-state index contributed by atoms with van der Waals surface area (Å²) in [6.45, 7) is 0.738. The summed E-state index contributed by atoms with van der Waals surface area (Å²) in [5.74, 6) is -5.50. The minimum absolute atomic E-state index is 0.279. The Kier molecular flexibility index (Phi) is 6.76. The highest BCUT2D eigenvalue weighted by atomic mass is 35.5. The molecule has 0 saturated carbocycles. The number of nitrogens with zero attached hydrogens (tertiary/aromatic N) is 1. The fourth-order valence-corrected chi connectivity index (χ4v) is 2.56. The van der Waals surface area contributed by atoms with Gasteiger partial charge >= 0.3 is 6.18 Å². The van der Waals surface area contributed by atoms with Crippen LogP contribution in [0.1, 0.15) is 17.3 Å². The number of ether oxygens (including phenoxy) is 2. The van der Waals surface area contributed by atoms with Crippen molar-refractivity contribution in [1.82, 2.24) is 9.71 Å². The van der Waals surface area contributed by atoms with E-state index in [4.69, 9.17) is 16.3 Å². The molecule has 14 heteroatoms. The molecule has 0 aliphatic heterocycles. The third-order valence-corrected chi connectivity index (χ3v) is 4.13. The second kappa shape index (κ2) is 8.60. The highest BCUT2D eigenvalue weighted by Crippen LogP contribution is 2.33. The predicted molar refractivity (Wildman–Crippen MR) is 94.1 cm³/mol. The molecule has 164 valence electrons. The first-order chi connectivity index (χ1) is 13.7. The number of carbonyl (C=O) groups is 1. The minimum atomic E-state index is -4.66. The number of sulfonamides is 1. The van der Waals surface area contributed by atoms with Crippen LogP contribution in [0.25, 0.3) is 0 Å². The van der Waals surface area contributed by atoms with Crippen molar-refractivity contribution in [1.29, 1.82) is 0 Å². The maximum atomic E-state index is 14.2. The second-order valence-corrected chi connectivity index (χ2v) is 7.98. The van der Waals surface area contributed by atoms with Crippen LogP contribution in [0.4, 0.5) is 22.0 Å². The van der Waals surface area contributed by atoms with Crippen molar-refractivity contribution >= 4 is 27.5 Å². The topological polar surface area (TPSA) is 94.6 Å². The summed E-state index contributed by atoms with van der Waals surface area (Å²) in [5.41, 5.74) is -0.897. The molecule has 1 atom stereocenters. The van der Waals surface area contributed by atoms with Gasteiger partial charge in [-0.05, 0) is 13.0 Å². The van der Waals surface area contributed by atoms with Crippen molar-refractivity contribution in [2.75, 3.05) is 6.26 Å². The maximum absolute atomic E-state index is 14.2. The summed E-state index contributed by atoms with van der Waals surface area (Å²) in [7, 11) is -4.01. The molecule has 1 unspecified atom stereocenters. The van der Waals surface area contributed by atoms with Crippen LogP contribution in [0, 0.1) is 11.6 Å². The molecule has 2 rings (SSSR count). The van der Waals surface area contributed by atoms with E-state index in [0.29, 0.717) is 18.4 Å². The SMILES string of the molecule is CC(Oc1ncc(Oc2cc(F)c(C(=O)NS(C)(=O)=O)cc2F)cc1Cl)C(F)(F)F. The number of nitrogens with one attached hydrogen (secondary N) is 1. The molecular weight excluding hydrogens is 463 g/mol. The molecule has 0 aliphatic rings. The molecule has 1 amide bonds. The Morgan fingerprint density at radius 3 is 2.37 bits per heavy atom. The molecule has 0 spiro atoms. The van der Waals surface area contributed by atoms with Crippen LogP contribution in [0.5, 0.6) is 17.4 Å². The summed E-state index contributed by atoms with van der Waals surface area (Å²) < 4.78 is 99.0. The average molecular weight is 475 g/mol. The first-order valence-corrected chi connectivity index (χ1v) is 10.0. The zero-order chi connectivity index (χ0) is 22.9. The minimum Gasteiger partial charge on any atom is -0.464 e. The van der Waals surface area contributed by atoms with Gasteiger partial charge in [-0.3, -0.25) is 4.79 Å². The normalized spacial score (nSPS) is 12.9. The van der Waals surface area contributed by atoms with Gasteiger partial charge < -0.3 is 9.47 Å². The van der Waals surface area contributed by atoms with Crippen LogP contribution in [0.15, 0.2) is 24.4 Å². The lowest BCUT2D eigenvalue weighted by atomic mass is 10.2. The maximum Gasteiger partial charge on any atom is 0.425 e. The number of halogens is 6. The van der Waals surface area contributed by atoms with Gasteiger partial charge in [0.2, 0.25) is 15.9 Å². The summed E-state index contributed by atoms with van der Waals surface area (Å²) in [5, 5.41) is -0.395. The summed E-state index contributed by atoms with van der Waals surface area (Å²) in [4.78, 5) is 15.2. The van der Waals surface area contributed by atoms with Crippen LogP contribution < -0.4 is 14.2 Å². The summed E-state index contributed by atoms with van der Waals surface area (Å²) >= 11 is 5.78. The zero-order valence-electron chi connectivity index (χ0n) is 15.1. The molecule has 0 bridgehead atoms. The van der Waals surface area contributed by atoms with Crippen LogP contribution in [0.3, 0.4) is 0 Å². The first kappa shape index (κ1) is 23.6. The van der Waals surface area contributed by atoms with Crippen LogP contribution in [0.2, 0.25) is 5.02 Å². The monoisotopic (exact) mass is 474 g/mol. The fourth-order valence-electron chi connectivity index (χ4n) is 1.92. The highest BCUT2D eigenvalue weighted by molar-refractivity contribution is 7.89. The van der Waals surface area contributed by atoms with Gasteiger partial charge in [-0.2, -0.15) is 13.2 Å². The lowest BCUT2D eigenvalue weighted by Crippen LogP contribution is -2.31. The molecule has 0 aliphatic carbocycles. The lowest BCUT2D eigenvalue weighted by Gasteiger charge is -2.17. The van der Waals surface area contributed by atoms with Crippen LogP contribution >= 0.6 is 11.6 Å². The third-order valence-electron chi connectivity index (χ3n) is 3.30. The van der Waals surface area contributed by atoms with E-state index in [9.17, 15) is 35.2 Å². The highest BCUT2D eigenvalue weighted by Gasteiger charge is 2.38. The van der Waals surface area contributed by atoms with Crippen molar-refractivity contribution in [2.45, 2.75) is 19.2 Å². The van der Waals surface area contributed by atoms with E-state index in [1.165, 1.54) is 4.72 Å². The summed E-state index contributed by atoms with van der Waals surface area (Å²) in [6, 6.07) is 1.83. The second-order valence-electron chi connectivity index (χ2n) is 5.83. The van der Waals surface area contributed by atoms with Crippen LogP contribution in [-0.2, 0) is 10.0 Å². The molecule has 1 aromatic heterocycles. The number of hydrogen-bond donors (Lipinski definition) is 1.